The molecule has 55 heavy (non-hydrogen) atoms. The Bertz CT molecular complexity index is 2950. The van der Waals surface area contributed by atoms with Gasteiger partial charge in [0.1, 0.15) is 11.2 Å². The maximum absolute atomic E-state index is 6.23. The number of hydrogen-bond donors (Lipinski definition) is 0. The number of hydrogen-bond acceptors (Lipinski definition) is 6. The Hall–Kier alpha value is -7.57. The summed E-state index contributed by atoms with van der Waals surface area (Å²) in [4.78, 5) is 25.8. The average molecular weight is 706 g/mol. The lowest BCUT2D eigenvalue weighted by Crippen LogP contribution is -2.01. The van der Waals surface area contributed by atoms with Gasteiger partial charge in [-0.15, -0.1) is 0 Å². The van der Waals surface area contributed by atoms with Crippen LogP contribution in [0.2, 0.25) is 0 Å². The third-order valence-corrected chi connectivity index (χ3v) is 9.76. The van der Waals surface area contributed by atoms with Crippen molar-refractivity contribution in [3.63, 3.8) is 0 Å². The molecule has 0 fully saturated rings. The van der Waals surface area contributed by atoms with Gasteiger partial charge in [0.2, 0.25) is 0 Å². The summed E-state index contributed by atoms with van der Waals surface area (Å²) >= 11 is 0. The zero-order valence-electron chi connectivity index (χ0n) is 29.5. The van der Waals surface area contributed by atoms with E-state index in [4.69, 9.17) is 29.3 Å². The Morgan fingerprint density at radius 2 is 0.600 bits per heavy atom. The zero-order valence-corrected chi connectivity index (χ0v) is 29.5. The molecule has 0 spiro atoms. The van der Waals surface area contributed by atoms with Crippen LogP contribution >= 0.6 is 0 Å². The molecule has 0 saturated carbocycles. The van der Waals surface area contributed by atoms with Gasteiger partial charge < -0.3 is 4.42 Å². The van der Waals surface area contributed by atoms with Crippen LogP contribution < -0.4 is 0 Å². The molecule has 10 aromatic rings. The number of rotatable bonds is 7. The fourth-order valence-corrected chi connectivity index (χ4v) is 7.02. The molecule has 0 aliphatic carbocycles. The molecule has 0 aliphatic rings. The van der Waals surface area contributed by atoms with Gasteiger partial charge >= 0.3 is 0 Å². The molecule has 258 valence electrons. The topological polar surface area (TPSA) is 77.6 Å². The Labute approximate surface area is 317 Å². The smallest absolute Gasteiger partial charge is 0.164 e. The van der Waals surface area contributed by atoms with Crippen LogP contribution in [0.5, 0.6) is 0 Å². The van der Waals surface area contributed by atoms with Gasteiger partial charge in [-0.1, -0.05) is 170 Å². The summed E-state index contributed by atoms with van der Waals surface area (Å²) in [5, 5.41) is 2.13. The second-order valence-corrected chi connectivity index (χ2v) is 13.3. The molecule has 10 rings (SSSR count). The number of furan rings is 1. The monoisotopic (exact) mass is 705 g/mol. The maximum atomic E-state index is 6.23. The first-order chi connectivity index (χ1) is 27.2. The largest absolute Gasteiger partial charge is 0.456 e. The number of benzene rings is 7. The number of para-hydroxylation sites is 1. The standard InChI is InChI=1S/C49H31N5O/c1-5-15-32(16-6-1)43-44(33-17-7-2-8-18-33)51-46(45(50-43)34-19-9-3-10-20-34)35-25-27-37(28-26-35)48-52-47(36-21-11-4-12-22-36)53-49(54-48)38-29-30-40-39-23-13-14-24-41(39)55-42(40)31-38/h1-31H. The molecule has 0 atom stereocenters. The van der Waals surface area contributed by atoms with E-state index in [-0.39, 0.29) is 0 Å². The summed E-state index contributed by atoms with van der Waals surface area (Å²) in [7, 11) is 0. The van der Waals surface area contributed by atoms with Crippen LogP contribution in [0.3, 0.4) is 0 Å². The van der Waals surface area contributed by atoms with Gasteiger partial charge in [-0.3, -0.25) is 0 Å². The summed E-state index contributed by atoms with van der Waals surface area (Å²) < 4.78 is 6.23. The molecule has 0 radical (unpaired) electrons. The minimum atomic E-state index is 0.566. The van der Waals surface area contributed by atoms with Crippen molar-refractivity contribution in [1.82, 2.24) is 24.9 Å². The van der Waals surface area contributed by atoms with E-state index < -0.39 is 0 Å². The Morgan fingerprint density at radius 1 is 0.255 bits per heavy atom. The Balaban J connectivity index is 1.11. The first kappa shape index (κ1) is 32.1. The van der Waals surface area contributed by atoms with E-state index in [0.29, 0.717) is 17.5 Å². The number of aromatic nitrogens is 5. The van der Waals surface area contributed by atoms with Crippen LogP contribution in [0.15, 0.2) is 192 Å². The van der Waals surface area contributed by atoms with E-state index in [9.17, 15) is 0 Å². The van der Waals surface area contributed by atoms with Crippen molar-refractivity contribution >= 4 is 21.9 Å². The van der Waals surface area contributed by atoms with Crippen LogP contribution in [-0.4, -0.2) is 24.9 Å². The van der Waals surface area contributed by atoms with Crippen LogP contribution in [-0.2, 0) is 0 Å². The second kappa shape index (κ2) is 13.8. The Morgan fingerprint density at radius 3 is 1.11 bits per heavy atom. The third-order valence-electron chi connectivity index (χ3n) is 9.76. The third kappa shape index (κ3) is 6.11. The van der Waals surface area contributed by atoms with Gasteiger partial charge in [-0.25, -0.2) is 24.9 Å². The van der Waals surface area contributed by atoms with E-state index in [2.05, 4.69) is 78.9 Å². The van der Waals surface area contributed by atoms with Crippen molar-refractivity contribution in [3.8, 4) is 79.2 Å². The first-order valence-electron chi connectivity index (χ1n) is 18.2. The van der Waals surface area contributed by atoms with Gasteiger partial charge in [0.15, 0.2) is 17.5 Å². The van der Waals surface area contributed by atoms with Gasteiger partial charge in [-0.2, -0.15) is 0 Å². The van der Waals surface area contributed by atoms with Crippen molar-refractivity contribution in [1.29, 1.82) is 0 Å². The van der Waals surface area contributed by atoms with Crippen LogP contribution in [0.25, 0.3) is 101 Å². The molecule has 0 N–H and O–H groups in total. The van der Waals surface area contributed by atoms with Crippen molar-refractivity contribution < 1.29 is 4.42 Å². The molecule has 0 saturated heterocycles. The van der Waals surface area contributed by atoms with Gasteiger partial charge in [0.05, 0.1) is 22.8 Å². The average Bonchev–Trinajstić information content (AvgIpc) is 3.65. The normalized spacial score (nSPS) is 11.3. The van der Waals surface area contributed by atoms with Gasteiger partial charge in [0.25, 0.3) is 0 Å². The molecule has 3 heterocycles. The Kier molecular flexibility index (Phi) is 8.04. The molecule has 0 bridgehead atoms. The number of nitrogens with zero attached hydrogens (tertiary/aromatic N) is 5. The molecule has 7 aromatic carbocycles. The fourth-order valence-electron chi connectivity index (χ4n) is 7.02. The van der Waals surface area contributed by atoms with E-state index in [1.165, 1.54) is 0 Å². The highest BCUT2D eigenvalue weighted by atomic mass is 16.3. The molecule has 6 heteroatoms. The second-order valence-electron chi connectivity index (χ2n) is 13.3. The lowest BCUT2D eigenvalue weighted by molar-refractivity contribution is 0.669. The summed E-state index contributed by atoms with van der Waals surface area (Å²) in [6.45, 7) is 0. The highest BCUT2D eigenvalue weighted by Crippen LogP contribution is 2.38. The number of fused-ring (bicyclic) bond motifs is 3. The summed E-state index contributed by atoms with van der Waals surface area (Å²) in [6, 6.07) is 63.2. The quantitative estimate of drug-likeness (QED) is 0.164. The molecular formula is C49H31N5O. The lowest BCUT2D eigenvalue weighted by atomic mass is 9.99. The van der Waals surface area contributed by atoms with Crippen molar-refractivity contribution in [2.24, 2.45) is 0 Å². The van der Waals surface area contributed by atoms with Crippen LogP contribution in [0.1, 0.15) is 0 Å². The maximum Gasteiger partial charge on any atom is 0.164 e. The highest BCUT2D eigenvalue weighted by molar-refractivity contribution is 6.05. The van der Waals surface area contributed by atoms with E-state index in [1.807, 2.05) is 109 Å². The molecule has 0 amide bonds. The van der Waals surface area contributed by atoms with Crippen LogP contribution in [0.4, 0.5) is 0 Å². The molecular weight excluding hydrogens is 675 g/mol. The lowest BCUT2D eigenvalue weighted by Gasteiger charge is -2.16. The first-order valence-corrected chi connectivity index (χ1v) is 18.2. The summed E-state index contributed by atoms with van der Waals surface area (Å²) in [5.74, 6) is 1.73. The molecule has 3 aromatic heterocycles. The van der Waals surface area contributed by atoms with Crippen molar-refractivity contribution in [2.75, 3.05) is 0 Å². The molecule has 0 aliphatic heterocycles. The molecule has 0 unspecified atom stereocenters. The van der Waals surface area contributed by atoms with Crippen LogP contribution in [0, 0.1) is 0 Å². The van der Waals surface area contributed by atoms with Gasteiger partial charge in [0, 0.05) is 49.7 Å². The van der Waals surface area contributed by atoms with Gasteiger partial charge in [-0.05, 0) is 18.2 Å². The van der Waals surface area contributed by atoms with Crippen molar-refractivity contribution in [2.45, 2.75) is 0 Å². The molecule has 6 nitrogen and oxygen atoms in total. The van der Waals surface area contributed by atoms with E-state index in [0.717, 1.165) is 83.7 Å². The zero-order chi connectivity index (χ0) is 36.6. The predicted octanol–water partition coefficient (Wildman–Crippen LogP) is 12.2. The SMILES string of the molecule is c1ccc(-c2nc(-c3ccc(-c4nc(-c5ccccc5)c(-c5ccccc5)nc4-c4ccccc4)cc3)nc(-c3ccc4c(c3)oc3ccccc34)n2)cc1. The predicted molar refractivity (Wildman–Crippen MR) is 221 cm³/mol. The highest BCUT2D eigenvalue weighted by Gasteiger charge is 2.20. The fraction of sp³-hybridized carbons (Fsp3) is 0. The van der Waals surface area contributed by atoms with E-state index in [1.54, 1.807) is 0 Å². The minimum absolute atomic E-state index is 0.566. The van der Waals surface area contributed by atoms with E-state index >= 15 is 0 Å². The summed E-state index contributed by atoms with van der Waals surface area (Å²) in [5.41, 5.74) is 11.4. The van der Waals surface area contributed by atoms with Crippen molar-refractivity contribution in [3.05, 3.63) is 188 Å². The minimum Gasteiger partial charge on any atom is -0.456 e. The summed E-state index contributed by atoms with van der Waals surface area (Å²) in [6.07, 6.45) is 0.